The summed E-state index contributed by atoms with van der Waals surface area (Å²) in [7, 11) is 0. The zero-order valence-corrected chi connectivity index (χ0v) is 12.6. The van der Waals surface area contributed by atoms with Gasteiger partial charge in [0, 0.05) is 11.8 Å². The van der Waals surface area contributed by atoms with Crippen molar-refractivity contribution in [3.05, 3.63) is 0 Å². The molecule has 15 heavy (non-hydrogen) atoms. The summed E-state index contributed by atoms with van der Waals surface area (Å²) in [5.41, 5.74) is -2.01. The first-order valence-corrected chi connectivity index (χ1v) is 9.33. The van der Waals surface area contributed by atoms with Crippen LogP contribution in [0.1, 0.15) is 34.6 Å². The van der Waals surface area contributed by atoms with Crippen molar-refractivity contribution < 1.29 is 4.52 Å². The molecule has 0 aliphatic carbocycles. The van der Waals surface area contributed by atoms with Crippen molar-refractivity contribution in [2.75, 3.05) is 6.54 Å². The summed E-state index contributed by atoms with van der Waals surface area (Å²) < 4.78 is 5.78. The summed E-state index contributed by atoms with van der Waals surface area (Å²) >= 11 is 7.20. The lowest BCUT2D eigenvalue weighted by Gasteiger charge is -2.24. The van der Waals surface area contributed by atoms with E-state index < -0.39 is 5.62 Å². The zero-order chi connectivity index (χ0) is 11.9. The molecule has 0 aromatic carbocycles. The smallest absolute Gasteiger partial charge is 0.211 e. The van der Waals surface area contributed by atoms with Gasteiger partial charge in [0.15, 0.2) is 0 Å². The van der Waals surface area contributed by atoms with E-state index in [1.54, 1.807) is 17.7 Å². The van der Waals surface area contributed by atoms with E-state index in [0.29, 0.717) is 5.25 Å². The van der Waals surface area contributed by atoms with Crippen LogP contribution in [0.2, 0.25) is 0 Å². The van der Waals surface area contributed by atoms with Crippen LogP contribution in [0.5, 0.6) is 0 Å². The second kappa shape index (κ2) is 7.66. The van der Waals surface area contributed by atoms with Crippen LogP contribution < -0.4 is 5.09 Å². The van der Waals surface area contributed by atoms with E-state index in [4.69, 9.17) is 16.3 Å². The fourth-order valence-electron chi connectivity index (χ4n) is 0.844. The summed E-state index contributed by atoms with van der Waals surface area (Å²) in [5.74, 6) is 0. The largest absolute Gasteiger partial charge is 0.324 e. The molecule has 6 heteroatoms. The summed E-state index contributed by atoms with van der Waals surface area (Å²) in [6.07, 6.45) is 1.82. The van der Waals surface area contributed by atoms with Gasteiger partial charge in [-0.15, -0.1) is 0 Å². The normalized spacial score (nSPS) is 16.2. The van der Waals surface area contributed by atoms with Gasteiger partial charge in [0.1, 0.15) is 0 Å². The van der Waals surface area contributed by atoms with E-state index in [9.17, 15) is 0 Å². The van der Waals surface area contributed by atoms with Crippen molar-refractivity contribution in [1.29, 1.82) is 0 Å². The number of nitrogens with one attached hydrogen (secondary N) is 1. The topological polar surface area (TPSA) is 33.6 Å². The molecule has 0 radical (unpaired) electrons. The molecule has 0 fully saturated rings. The third-order valence-electron chi connectivity index (χ3n) is 1.19. The van der Waals surface area contributed by atoms with E-state index in [2.05, 4.69) is 23.9 Å². The van der Waals surface area contributed by atoms with Gasteiger partial charge in [0.25, 0.3) is 0 Å². The van der Waals surface area contributed by atoms with E-state index in [-0.39, 0.29) is 6.10 Å². The first-order valence-electron chi connectivity index (χ1n) is 5.12. The molecule has 0 saturated carbocycles. The van der Waals surface area contributed by atoms with Gasteiger partial charge >= 0.3 is 0 Å². The molecule has 0 bridgehead atoms. The first kappa shape index (κ1) is 15.4. The minimum atomic E-state index is -2.01. The molecule has 0 rings (SSSR count). The second-order valence-corrected chi connectivity index (χ2v) is 10.6. The highest BCUT2D eigenvalue weighted by Crippen LogP contribution is 2.58. The highest BCUT2D eigenvalue weighted by atomic mass is 32.9. The molecule has 0 amide bonds. The highest BCUT2D eigenvalue weighted by molar-refractivity contribution is 8.69. The Morgan fingerprint density at radius 3 is 2.47 bits per heavy atom. The molecule has 0 heterocycles. The van der Waals surface area contributed by atoms with Gasteiger partial charge in [-0.1, -0.05) is 25.2 Å². The van der Waals surface area contributed by atoms with Gasteiger partial charge in [0.05, 0.1) is 12.4 Å². The maximum Gasteiger partial charge on any atom is 0.211 e. The maximum atomic E-state index is 5.78. The van der Waals surface area contributed by atoms with Crippen molar-refractivity contribution in [3.63, 3.8) is 0 Å². The van der Waals surface area contributed by atoms with Gasteiger partial charge in [-0.05, 0) is 32.6 Å². The third kappa shape index (κ3) is 8.26. The molecular weight excluding hydrogens is 247 g/mol. The fraction of sp³-hybridized carbons (Fsp3) is 0.889. The third-order valence-corrected chi connectivity index (χ3v) is 7.04. The van der Waals surface area contributed by atoms with Gasteiger partial charge in [-0.2, -0.15) is 0 Å². The summed E-state index contributed by atoms with van der Waals surface area (Å²) in [6, 6.07) is 0. The predicted molar refractivity (Wildman–Crippen MR) is 75.4 cm³/mol. The van der Waals surface area contributed by atoms with Gasteiger partial charge in [0.2, 0.25) is 5.62 Å². The molecule has 0 aliphatic rings. The van der Waals surface area contributed by atoms with Gasteiger partial charge < -0.3 is 9.61 Å². The second-order valence-electron chi connectivity index (χ2n) is 3.56. The molecule has 1 atom stereocenters. The number of aliphatic imine (C=N–C) groups is 1. The van der Waals surface area contributed by atoms with Crippen LogP contribution in [0, 0.1) is 0 Å². The lowest BCUT2D eigenvalue weighted by Crippen LogP contribution is -2.13. The zero-order valence-electron chi connectivity index (χ0n) is 10.1. The Morgan fingerprint density at radius 1 is 1.47 bits per heavy atom. The van der Waals surface area contributed by atoms with Crippen molar-refractivity contribution in [1.82, 2.24) is 5.09 Å². The van der Waals surface area contributed by atoms with Crippen LogP contribution in [0.15, 0.2) is 4.99 Å². The van der Waals surface area contributed by atoms with Crippen LogP contribution in [0.4, 0.5) is 0 Å². The van der Waals surface area contributed by atoms with Crippen molar-refractivity contribution in [2.45, 2.75) is 46.0 Å². The van der Waals surface area contributed by atoms with Gasteiger partial charge in [-0.25, -0.2) is 0 Å². The van der Waals surface area contributed by atoms with E-state index in [1.165, 1.54) is 0 Å². The summed E-state index contributed by atoms with van der Waals surface area (Å²) in [4.78, 5) is 4.10. The number of hydrogen-bond donors (Lipinski definition) is 1. The monoisotopic (exact) mass is 268 g/mol. The molecule has 0 saturated heterocycles. The van der Waals surface area contributed by atoms with Crippen LogP contribution in [-0.2, 0) is 16.3 Å². The fourth-order valence-corrected chi connectivity index (χ4v) is 7.21. The Labute approximate surface area is 102 Å². The molecule has 1 unspecified atom stereocenters. The Morgan fingerprint density at radius 2 is 2.07 bits per heavy atom. The minimum Gasteiger partial charge on any atom is -0.324 e. The lowest BCUT2D eigenvalue weighted by atomic mass is 10.5. The predicted octanol–water partition coefficient (Wildman–Crippen LogP) is 3.42. The number of rotatable bonds is 7. The Balaban J connectivity index is 4.40. The van der Waals surface area contributed by atoms with Crippen LogP contribution in [0.25, 0.3) is 0 Å². The maximum absolute atomic E-state index is 5.78. The standard InChI is InChI=1S/C9H21N2OPS2/c1-6-10-7-11-13(14,12-8(2)3)15-9(4)5/h7-9H,6H2,1-5H3,(H,10,11,14). The van der Waals surface area contributed by atoms with Crippen molar-refractivity contribution in [2.24, 2.45) is 4.99 Å². The quantitative estimate of drug-likeness (QED) is 0.436. The lowest BCUT2D eigenvalue weighted by molar-refractivity contribution is 0.274. The SMILES string of the molecule is CCN=CNP(=S)(OC(C)C)SC(C)C. The molecule has 0 aromatic rings. The molecule has 90 valence electrons. The first-order chi connectivity index (χ1) is 6.89. The van der Waals surface area contributed by atoms with Crippen LogP contribution in [0.3, 0.4) is 0 Å². The van der Waals surface area contributed by atoms with E-state index >= 15 is 0 Å². The molecule has 1 N–H and O–H groups in total. The van der Waals surface area contributed by atoms with Crippen LogP contribution in [-0.4, -0.2) is 24.2 Å². The van der Waals surface area contributed by atoms with Crippen molar-refractivity contribution >= 4 is 35.1 Å². The highest BCUT2D eigenvalue weighted by Gasteiger charge is 2.20. The average Bonchev–Trinajstić information content (AvgIpc) is 2.00. The van der Waals surface area contributed by atoms with Crippen molar-refractivity contribution in [3.8, 4) is 0 Å². The summed E-state index contributed by atoms with van der Waals surface area (Å²) in [5, 5.41) is 3.59. The Hall–Kier alpha value is 0.430. The molecular formula is C9H21N2OPS2. The van der Waals surface area contributed by atoms with Gasteiger partial charge in [-0.3, -0.25) is 4.99 Å². The molecule has 0 aliphatic heterocycles. The Bertz CT molecular complexity index is 230. The van der Waals surface area contributed by atoms with E-state index in [0.717, 1.165) is 6.54 Å². The summed E-state index contributed by atoms with van der Waals surface area (Å²) in [6.45, 7) is 11.0. The average molecular weight is 268 g/mol. The molecule has 0 spiro atoms. The molecule has 0 aromatic heterocycles. The Kier molecular flexibility index (Phi) is 7.88. The number of nitrogens with zero attached hydrogens (tertiary/aromatic N) is 1. The minimum absolute atomic E-state index is 0.143. The molecule has 3 nitrogen and oxygen atoms in total. The van der Waals surface area contributed by atoms with E-state index in [1.807, 2.05) is 20.8 Å². The van der Waals surface area contributed by atoms with Crippen LogP contribution >= 0.6 is 17.0 Å². The number of hydrogen-bond acceptors (Lipinski definition) is 4.